The summed E-state index contributed by atoms with van der Waals surface area (Å²) in [6.07, 6.45) is 5.30. The maximum atomic E-state index is 12.4. The first-order valence-electron chi connectivity index (χ1n) is 6.71. The van der Waals surface area contributed by atoms with Crippen molar-refractivity contribution in [1.29, 1.82) is 0 Å². The zero-order valence-corrected chi connectivity index (χ0v) is 11.2. The summed E-state index contributed by atoms with van der Waals surface area (Å²) in [6, 6.07) is 9.46. The largest absolute Gasteiger partial charge is 0.451 e. The fraction of sp³-hybridized carbons (Fsp3) is 0.312. The number of para-hydroxylation sites is 1. The molecule has 0 atom stereocenters. The molecule has 1 saturated heterocycles. The second-order valence-corrected chi connectivity index (χ2v) is 4.92. The highest BCUT2D eigenvalue weighted by atomic mass is 16.3. The van der Waals surface area contributed by atoms with Gasteiger partial charge in [0.25, 0.3) is 5.91 Å². The Morgan fingerprint density at radius 1 is 1.25 bits per heavy atom. The zero-order valence-electron chi connectivity index (χ0n) is 11.2. The van der Waals surface area contributed by atoms with Gasteiger partial charge in [0.2, 0.25) is 0 Å². The van der Waals surface area contributed by atoms with Crippen molar-refractivity contribution in [3.8, 4) is 12.3 Å². The highest BCUT2D eigenvalue weighted by Gasteiger charge is 2.24. The standard InChI is InChI=1S/C16H16N2O2/c1-2-7-17-8-10-18(11-9-17)16(19)15-12-13-5-3-4-6-14(13)20-15/h1,3-6,12H,7-11H2. The van der Waals surface area contributed by atoms with Gasteiger partial charge in [-0.05, 0) is 12.1 Å². The van der Waals surface area contributed by atoms with E-state index in [0.29, 0.717) is 25.4 Å². The third kappa shape index (κ3) is 2.40. The number of carbonyl (C=O) groups is 1. The highest BCUT2D eigenvalue weighted by molar-refractivity contribution is 5.96. The number of hydrogen-bond acceptors (Lipinski definition) is 3. The van der Waals surface area contributed by atoms with Crippen LogP contribution in [0.25, 0.3) is 11.0 Å². The zero-order chi connectivity index (χ0) is 13.9. The van der Waals surface area contributed by atoms with Gasteiger partial charge in [-0.1, -0.05) is 24.1 Å². The minimum Gasteiger partial charge on any atom is -0.451 e. The van der Waals surface area contributed by atoms with Crippen LogP contribution in [0.5, 0.6) is 0 Å². The fourth-order valence-corrected chi connectivity index (χ4v) is 2.48. The van der Waals surface area contributed by atoms with E-state index in [1.54, 1.807) is 0 Å². The van der Waals surface area contributed by atoms with Crippen molar-refractivity contribution in [3.63, 3.8) is 0 Å². The molecular weight excluding hydrogens is 252 g/mol. The Bertz CT molecular complexity index is 627. The smallest absolute Gasteiger partial charge is 0.289 e. The van der Waals surface area contributed by atoms with Crippen molar-refractivity contribution in [2.75, 3.05) is 32.7 Å². The van der Waals surface area contributed by atoms with E-state index in [2.05, 4.69) is 10.8 Å². The van der Waals surface area contributed by atoms with Crippen molar-refractivity contribution in [2.45, 2.75) is 0 Å². The molecule has 0 saturated carbocycles. The molecule has 2 heterocycles. The topological polar surface area (TPSA) is 36.7 Å². The molecule has 0 bridgehead atoms. The molecule has 0 N–H and O–H groups in total. The monoisotopic (exact) mass is 268 g/mol. The molecule has 3 rings (SSSR count). The third-order valence-corrected chi connectivity index (χ3v) is 3.61. The van der Waals surface area contributed by atoms with Gasteiger partial charge in [-0.2, -0.15) is 0 Å². The Balaban J connectivity index is 1.72. The normalized spacial score (nSPS) is 16.2. The van der Waals surface area contributed by atoms with Gasteiger partial charge >= 0.3 is 0 Å². The van der Waals surface area contributed by atoms with Crippen molar-refractivity contribution in [1.82, 2.24) is 9.80 Å². The van der Waals surface area contributed by atoms with E-state index in [0.717, 1.165) is 24.1 Å². The molecule has 4 nitrogen and oxygen atoms in total. The average molecular weight is 268 g/mol. The van der Waals surface area contributed by atoms with Crippen LogP contribution in [-0.2, 0) is 0 Å². The van der Waals surface area contributed by atoms with E-state index >= 15 is 0 Å². The van der Waals surface area contributed by atoms with Crippen molar-refractivity contribution in [3.05, 3.63) is 36.1 Å². The summed E-state index contributed by atoms with van der Waals surface area (Å²) < 4.78 is 5.62. The molecule has 4 heteroatoms. The summed E-state index contributed by atoms with van der Waals surface area (Å²) in [5.41, 5.74) is 0.752. The minimum atomic E-state index is -0.0402. The van der Waals surface area contributed by atoms with Gasteiger partial charge in [-0.3, -0.25) is 9.69 Å². The first-order valence-corrected chi connectivity index (χ1v) is 6.71. The summed E-state index contributed by atoms with van der Waals surface area (Å²) >= 11 is 0. The van der Waals surface area contributed by atoms with Gasteiger partial charge in [0.1, 0.15) is 5.58 Å². The minimum absolute atomic E-state index is 0.0402. The van der Waals surface area contributed by atoms with Crippen molar-refractivity contribution >= 4 is 16.9 Å². The summed E-state index contributed by atoms with van der Waals surface area (Å²) in [4.78, 5) is 16.4. The first kappa shape index (κ1) is 12.8. The molecule has 20 heavy (non-hydrogen) atoms. The van der Waals surface area contributed by atoms with Crippen molar-refractivity contribution in [2.24, 2.45) is 0 Å². The van der Waals surface area contributed by atoms with E-state index in [1.165, 1.54) is 0 Å². The van der Waals surface area contributed by atoms with Crippen LogP contribution >= 0.6 is 0 Å². The van der Waals surface area contributed by atoms with Gasteiger partial charge in [0.05, 0.1) is 6.54 Å². The maximum Gasteiger partial charge on any atom is 0.289 e. The predicted octanol–water partition coefficient (Wildman–Crippen LogP) is 1.82. The molecule has 0 radical (unpaired) electrons. The Hall–Kier alpha value is -2.25. The molecule has 1 fully saturated rings. The quantitative estimate of drug-likeness (QED) is 0.780. The number of amides is 1. The van der Waals surface area contributed by atoms with Crippen LogP contribution in [0.1, 0.15) is 10.6 Å². The highest BCUT2D eigenvalue weighted by Crippen LogP contribution is 2.20. The lowest BCUT2D eigenvalue weighted by molar-refractivity contribution is 0.0623. The maximum absolute atomic E-state index is 12.4. The molecule has 0 spiro atoms. The fourth-order valence-electron chi connectivity index (χ4n) is 2.48. The molecule has 0 unspecified atom stereocenters. The number of rotatable bonds is 2. The molecule has 1 aromatic carbocycles. The first-order chi connectivity index (χ1) is 9.78. The number of nitrogens with zero attached hydrogens (tertiary/aromatic N) is 2. The molecule has 0 aliphatic carbocycles. The summed E-state index contributed by atoms with van der Waals surface area (Å²) in [6.45, 7) is 3.66. The molecule has 1 aliphatic heterocycles. The lowest BCUT2D eigenvalue weighted by atomic mass is 10.2. The molecule has 102 valence electrons. The van der Waals surface area contributed by atoms with Crippen LogP contribution in [-0.4, -0.2) is 48.4 Å². The SMILES string of the molecule is C#CCN1CCN(C(=O)c2cc3ccccc3o2)CC1. The number of fused-ring (bicyclic) bond motifs is 1. The van der Waals surface area contributed by atoms with Crippen LogP contribution in [0.3, 0.4) is 0 Å². The Kier molecular flexibility index (Phi) is 3.44. The number of terminal acetylenes is 1. The van der Waals surface area contributed by atoms with Gasteiger partial charge in [-0.25, -0.2) is 0 Å². The van der Waals surface area contributed by atoms with E-state index in [-0.39, 0.29) is 5.91 Å². The Morgan fingerprint density at radius 3 is 2.70 bits per heavy atom. The van der Waals surface area contributed by atoms with Gasteiger partial charge in [-0.15, -0.1) is 6.42 Å². The number of carbonyl (C=O) groups excluding carboxylic acids is 1. The van der Waals surface area contributed by atoms with E-state index in [1.807, 2.05) is 35.2 Å². The van der Waals surface area contributed by atoms with E-state index < -0.39 is 0 Å². The van der Waals surface area contributed by atoms with Crippen LogP contribution in [0.15, 0.2) is 34.7 Å². The van der Waals surface area contributed by atoms with Crippen LogP contribution in [0.4, 0.5) is 0 Å². The average Bonchev–Trinajstić information content (AvgIpc) is 2.91. The molecule has 2 aromatic rings. The Morgan fingerprint density at radius 2 is 2.00 bits per heavy atom. The lowest BCUT2D eigenvalue weighted by Gasteiger charge is -2.33. The second-order valence-electron chi connectivity index (χ2n) is 4.92. The molecule has 1 aromatic heterocycles. The lowest BCUT2D eigenvalue weighted by Crippen LogP contribution is -2.48. The van der Waals surface area contributed by atoms with Crippen LogP contribution < -0.4 is 0 Å². The van der Waals surface area contributed by atoms with Crippen molar-refractivity contribution < 1.29 is 9.21 Å². The van der Waals surface area contributed by atoms with Crippen LogP contribution in [0.2, 0.25) is 0 Å². The number of benzene rings is 1. The van der Waals surface area contributed by atoms with E-state index in [4.69, 9.17) is 10.8 Å². The summed E-state index contributed by atoms with van der Waals surface area (Å²) in [7, 11) is 0. The number of furan rings is 1. The van der Waals surface area contributed by atoms with Gasteiger partial charge in [0.15, 0.2) is 5.76 Å². The second kappa shape index (κ2) is 5.40. The molecule has 1 amide bonds. The third-order valence-electron chi connectivity index (χ3n) is 3.61. The van der Waals surface area contributed by atoms with E-state index in [9.17, 15) is 4.79 Å². The Labute approximate surface area is 118 Å². The predicted molar refractivity (Wildman–Crippen MR) is 77.4 cm³/mol. The van der Waals surface area contributed by atoms with Gasteiger partial charge < -0.3 is 9.32 Å². The number of hydrogen-bond donors (Lipinski definition) is 0. The van der Waals surface area contributed by atoms with Crippen LogP contribution in [0, 0.1) is 12.3 Å². The summed E-state index contributed by atoms with van der Waals surface area (Å²) in [5, 5.41) is 0.960. The molecule has 1 aliphatic rings. The van der Waals surface area contributed by atoms with Gasteiger partial charge in [0, 0.05) is 31.6 Å². The molecular formula is C16H16N2O2. The summed E-state index contributed by atoms with van der Waals surface area (Å²) in [5.74, 6) is 3.01. The number of piperazine rings is 1.